The molecule has 92 valence electrons. The average molecular weight is 243 g/mol. The zero-order valence-corrected chi connectivity index (χ0v) is 10.1. The van der Waals surface area contributed by atoms with Crippen LogP contribution >= 0.6 is 0 Å². The molecule has 1 aliphatic heterocycles. The smallest absolute Gasteiger partial charge is 0.303 e. The highest BCUT2D eigenvalue weighted by Crippen LogP contribution is 2.35. The molecule has 0 atom stereocenters. The summed E-state index contributed by atoms with van der Waals surface area (Å²) < 4.78 is 10.7. The minimum atomic E-state index is -0.294. The number of aromatic nitrogens is 1. The van der Waals surface area contributed by atoms with Crippen LogP contribution in [0.1, 0.15) is 18.2 Å². The molecule has 4 nitrogen and oxygen atoms in total. The highest BCUT2D eigenvalue weighted by atomic mass is 16.5. The van der Waals surface area contributed by atoms with Crippen molar-refractivity contribution < 1.29 is 14.3 Å². The number of hydrogen-bond acceptors (Lipinski definition) is 4. The molecule has 0 N–H and O–H groups in total. The standard InChI is InChI=1S/C14H13NO3/c1-9(16)18-8-13-11-6-7-17-14(11)10-4-2-3-5-12(10)15-13/h2-5H,6-8H2,1H3. The van der Waals surface area contributed by atoms with E-state index < -0.39 is 0 Å². The third-order valence-corrected chi connectivity index (χ3v) is 3.04. The number of ether oxygens (including phenoxy) is 2. The van der Waals surface area contributed by atoms with Crippen molar-refractivity contribution in [1.29, 1.82) is 0 Å². The van der Waals surface area contributed by atoms with Gasteiger partial charge in [-0.2, -0.15) is 0 Å². The van der Waals surface area contributed by atoms with Crippen LogP contribution in [0.5, 0.6) is 5.75 Å². The zero-order valence-electron chi connectivity index (χ0n) is 10.1. The van der Waals surface area contributed by atoms with Crippen LogP contribution in [-0.2, 0) is 22.6 Å². The van der Waals surface area contributed by atoms with Crippen molar-refractivity contribution in [1.82, 2.24) is 4.98 Å². The monoisotopic (exact) mass is 243 g/mol. The second-order valence-electron chi connectivity index (χ2n) is 4.26. The van der Waals surface area contributed by atoms with Crippen LogP contribution in [0.2, 0.25) is 0 Å². The van der Waals surface area contributed by atoms with Gasteiger partial charge in [0, 0.05) is 24.3 Å². The SMILES string of the molecule is CC(=O)OCc1nc2ccccc2c2c1CCO2. The van der Waals surface area contributed by atoms with E-state index in [1.54, 1.807) is 0 Å². The van der Waals surface area contributed by atoms with Gasteiger partial charge in [0.1, 0.15) is 12.4 Å². The summed E-state index contributed by atoms with van der Waals surface area (Å²) in [4.78, 5) is 15.5. The molecule has 4 heteroatoms. The summed E-state index contributed by atoms with van der Waals surface area (Å²) in [6.45, 7) is 2.28. The van der Waals surface area contributed by atoms with Gasteiger partial charge < -0.3 is 9.47 Å². The highest BCUT2D eigenvalue weighted by Gasteiger charge is 2.21. The number of pyridine rings is 1. The van der Waals surface area contributed by atoms with E-state index in [9.17, 15) is 4.79 Å². The van der Waals surface area contributed by atoms with E-state index in [2.05, 4.69) is 4.98 Å². The van der Waals surface area contributed by atoms with E-state index in [4.69, 9.17) is 9.47 Å². The molecule has 0 radical (unpaired) electrons. The maximum absolute atomic E-state index is 10.9. The fourth-order valence-corrected chi connectivity index (χ4v) is 2.24. The normalized spacial score (nSPS) is 13.2. The lowest BCUT2D eigenvalue weighted by molar-refractivity contribution is -0.142. The first kappa shape index (κ1) is 11.0. The van der Waals surface area contributed by atoms with E-state index in [0.29, 0.717) is 6.61 Å². The fourth-order valence-electron chi connectivity index (χ4n) is 2.24. The van der Waals surface area contributed by atoms with Crippen LogP contribution in [0.3, 0.4) is 0 Å². The molecule has 1 aliphatic rings. The lowest BCUT2D eigenvalue weighted by atomic mass is 10.1. The Bertz CT molecular complexity index is 622. The van der Waals surface area contributed by atoms with Crippen molar-refractivity contribution in [3.63, 3.8) is 0 Å². The molecule has 0 fully saturated rings. The van der Waals surface area contributed by atoms with Crippen LogP contribution < -0.4 is 4.74 Å². The summed E-state index contributed by atoms with van der Waals surface area (Å²) in [5.41, 5.74) is 2.74. The van der Waals surface area contributed by atoms with Gasteiger partial charge in [-0.05, 0) is 12.1 Å². The number of benzene rings is 1. The molecule has 2 aromatic rings. The second kappa shape index (κ2) is 4.29. The summed E-state index contributed by atoms with van der Waals surface area (Å²) in [6, 6.07) is 7.85. The van der Waals surface area contributed by atoms with Crippen LogP contribution in [-0.4, -0.2) is 17.6 Å². The molecule has 1 aromatic carbocycles. The van der Waals surface area contributed by atoms with Gasteiger partial charge in [0.2, 0.25) is 0 Å². The molecule has 1 aromatic heterocycles. The minimum absolute atomic E-state index is 0.214. The van der Waals surface area contributed by atoms with Gasteiger partial charge in [-0.15, -0.1) is 0 Å². The molecular weight excluding hydrogens is 230 g/mol. The number of fused-ring (bicyclic) bond motifs is 3. The molecule has 0 aliphatic carbocycles. The number of rotatable bonds is 2. The molecule has 18 heavy (non-hydrogen) atoms. The van der Waals surface area contributed by atoms with Crippen LogP contribution in [0, 0.1) is 0 Å². The molecule has 0 bridgehead atoms. The van der Waals surface area contributed by atoms with E-state index >= 15 is 0 Å². The second-order valence-corrected chi connectivity index (χ2v) is 4.26. The van der Waals surface area contributed by atoms with Crippen molar-refractivity contribution in [3.8, 4) is 5.75 Å². The maximum atomic E-state index is 10.9. The fraction of sp³-hybridized carbons (Fsp3) is 0.286. The third kappa shape index (κ3) is 1.79. The Morgan fingerprint density at radius 1 is 1.44 bits per heavy atom. The van der Waals surface area contributed by atoms with Crippen LogP contribution in [0.4, 0.5) is 0 Å². The van der Waals surface area contributed by atoms with Gasteiger partial charge in [-0.3, -0.25) is 4.79 Å². The number of carbonyl (C=O) groups is 1. The summed E-state index contributed by atoms with van der Waals surface area (Å²) in [7, 11) is 0. The van der Waals surface area contributed by atoms with Gasteiger partial charge in [-0.1, -0.05) is 12.1 Å². The molecular formula is C14H13NO3. The van der Waals surface area contributed by atoms with E-state index in [1.165, 1.54) is 6.92 Å². The first-order valence-corrected chi connectivity index (χ1v) is 5.92. The predicted octanol–water partition coefficient (Wildman–Crippen LogP) is 2.23. The highest BCUT2D eigenvalue weighted by molar-refractivity contribution is 5.87. The quantitative estimate of drug-likeness (QED) is 0.759. The summed E-state index contributed by atoms with van der Waals surface area (Å²) in [5.74, 6) is 0.598. The first-order valence-electron chi connectivity index (χ1n) is 5.92. The Labute approximate surface area is 105 Å². The third-order valence-electron chi connectivity index (χ3n) is 3.04. The average Bonchev–Trinajstić information content (AvgIpc) is 2.85. The van der Waals surface area contributed by atoms with Crippen molar-refractivity contribution in [2.75, 3.05) is 6.61 Å². The van der Waals surface area contributed by atoms with Crippen molar-refractivity contribution in [2.45, 2.75) is 20.0 Å². The Morgan fingerprint density at radius 3 is 3.11 bits per heavy atom. The number of para-hydroxylation sites is 1. The molecule has 0 saturated carbocycles. The van der Waals surface area contributed by atoms with Crippen LogP contribution in [0.15, 0.2) is 24.3 Å². The number of hydrogen-bond donors (Lipinski definition) is 0. The Hall–Kier alpha value is -2.10. The topological polar surface area (TPSA) is 48.4 Å². The molecule has 0 unspecified atom stereocenters. The zero-order chi connectivity index (χ0) is 12.5. The van der Waals surface area contributed by atoms with Gasteiger partial charge in [0.05, 0.1) is 17.8 Å². The van der Waals surface area contributed by atoms with Crippen molar-refractivity contribution >= 4 is 16.9 Å². The van der Waals surface area contributed by atoms with Gasteiger partial charge in [0.25, 0.3) is 0 Å². The Morgan fingerprint density at radius 2 is 2.28 bits per heavy atom. The largest absolute Gasteiger partial charge is 0.492 e. The lowest BCUT2D eigenvalue weighted by Crippen LogP contribution is -2.04. The summed E-state index contributed by atoms with van der Waals surface area (Å²) in [5, 5.41) is 1.02. The molecule has 0 saturated heterocycles. The summed E-state index contributed by atoms with van der Waals surface area (Å²) >= 11 is 0. The van der Waals surface area contributed by atoms with Gasteiger partial charge in [-0.25, -0.2) is 4.98 Å². The summed E-state index contributed by atoms with van der Waals surface area (Å²) in [6.07, 6.45) is 0.823. The van der Waals surface area contributed by atoms with Gasteiger partial charge >= 0.3 is 5.97 Å². The van der Waals surface area contributed by atoms with Crippen LogP contribution in [0.25, 0.3) is 10.9 Å². The van der Waals surface area contributed by atoms with E-state index in [-0.39, 0.29) is 12.6 Å². The number of esters is 1. The lowest BCUT2D eigenvalue weighted by Gasteiger charge is -2.09. The Kier molecular flexibility index (Phi) is 2.63. The molecule has 2 heterocycles. The number of nitrogens with zero attached hydrogens (tertiary/aromatic N) is 1. The first-order chi connectivity index (χ1) is 8.75. The van der Waals surface area contributed by atoms with Gasteiger partial charge in [0.15, 0.2) is 0 Å². The van der Waals surface area contributed by atoms with E-state index in [0.717, 1.165) is 34.3 Å². The molecule has 3 rings (SSSR count). The minimum Gasteiger partial charge on any atom is -0.492 e. The molecule has 0 amide bonds. The Balaban J connectivity index is 2.12. The van der Waals surface area contributed by atoms with Crippen molar-refractivity contribution in [3.05, 3.63) is 35.5 Å². The maximum Gasteiger partial charge on any atom is 0.303 e. The predicted molar refractivity (Wildman–Crippen MR) is 66.4 cm³/mol. The van der Waals surface area contributed by atoms with E-state index in [1.807, 2.05) is 24.3 Å². The molecule has 0 spiro atoms. The number of carbonyl (C=O) groups excluding carboxylic acids is 1. The van der Waals surface area contributed by atoms with Crippen molar-refractivity contribution in [2.24, 2.45) is 0 Å².